The van der Waals surface area contributed by atoms with Crippen LogP contribution in [0.2, 0.25) is 0 Å². The zero-order chi connectivity index (χ0) is 18.0. The summed E-state index contributed by atoms with van der Waals surface area (Å²) in [5.74, 6) is 0.0689. The molecule has 2 aromatic rings. The Balaban J connectivity index is 1.89. The molecule has 1 aliphatic rings. The molecule has 0 atom stereocenters. The number of hydrogen-bond acceptors (Lipinski definition) is 2. The Morgan fingerprint density at radius 2 is 1.72 bits per heavy atom. The number of benzene rings is 1. The molecule has 25 heavy (non-hydrogen) atoms. The SMILES string of the molecule is CCn1nc(C(=O)N2CCCCC2)cc1-c1ccc(C(C)(C)C)cc1. The van der Waals surface area contributed by atoms with Gasteiger partial charge in [0.05, 0.1) is 5.69 Å². The molecule has 0 unspecified atom stereocenters. The maximum atomic E-state index is 12.7. The number of nitrogens with zero attached hydrogens (tertiary/aromatic N) is 3. The number of carbonyl (C=O) groups is 1. The molecule has 1 aromatic heterocycles. The monoisotopic (exact) mass is 339 g/mol. The molecule has 0 bridgehead atoms. The van der Waals surface area contributed by atoms with E-state index in [1.807, 2.05) is 15.6 Å². The maximum absolute atomic E-state index is 12.7. The minimum Gasteiger partial charge on any atom is -0.337 e. The molecular weight excluding hydrogens is 310 g/mol. The highest BCUT2D eigenvalue weighted by atomic mass is 16.2. The zero-order valence-electron chi connectivity index (χ0n) is 15.9. The third kappa shape index (κ3) is 3.78. The summed E-state index contributed by atoms with van der Waals surface area (Å²) in [5.41, 5.74) is 4.14. The van der Waals surface area contributed by atoms with E-state index in [4.69, 9.17) is 0 Å². The summed E-state index contributed by atoms with van der Waals surface area (Å²) in [5, 5.41) is 4.58. The van der Waals surface area contributed by atoms with Gasteiger partial charge in [-0.1, -0.05) is 45.0 Å². The van der Waals surface area contributed by atoms with E-state index >= 15 is 0 Å². The molecule has 0 radical (unpaired) electrons. The van der Waals surface area contributed by atoms with Gasteiger partial charge in [-0.2, -0.15) is 5.10 Å². The Labute approximate surface area is 150 Å². The summed E-state index contributed by atoms with van der Waals surface area (Å²) in [7, 11) is 0. The van der Waals surface area contributed by atoms with Crippen molar-refractivity contribution in [3.63, 3.8) is 0 Å². The van der Waals surface area contributed by atoms with Crippen molar-refractivity contribution in [2.24, 2.45) is 0 Å². The van der Waals surface area contributed by atoms with Crippen molar-refractivity contribution in [2.45, 2.75) is 58.9 Å². The molecule has 1 fully saturated rings. The van der Waals surface area contributed by atoms with Gasteiger partial charge in [-0.15, -0.1) is 0 Å². The highest BCUT2D eigenvalue weighted by Gasteiger charge is 2.22. The van der Waals surface area contributed by atoms with Gasteiger partial charge in [0.15, 0.2) is 5.69 Å². The lowest BCUT2D eigenvalue weighted by molar-refractivity contribution is 0.0717. The van der Waals surface area contributed by atoms with E-state index in [-0.39, 0.29) is 11.3 Å². The first-order valence-corrected chi connectivity index (χ1v) is 9.38. The number of amides is 1. The highest BCUT2D eigenvalue weighted by molar-refractivity contribution is 5.93. The number of aryl methyl sites for hydroxylation is 1. The molecule has 0 N–H and O–H groups in total. The first-order chi connectivity index (χ1) is 11.9. The summed E-state index contributed by atoms with van der Waals surface area (Å²) in [4.78, 5) is 14.7. The van der Waals surface area contributed by atoms with E-state index in [2.05, 4.69) is 57.1 Å². The van der Waals surface area contributed by atoms with Gasteiger partial charge < -0.3 is 4.90 Å². The Hall–Kier alpha value is -2.10. The maximum Gasteiger partial charge on any atom is 0.274 e. The van der Waals surface area contributed by atoms with E-state index in [0.717, 1.165) is 43.7 Å². The molecule has 1 saturated heterocycles. The molecule has 2 heterocycles. The average Bonchev–Trinajstić information content (AvgIpc) is 3.05. The molecule has 0 saturated carbocycles. The number of carbonyl (C=O) groups excluding carboxylic acids is 1. The largest absolute Gasteiger partial charge is 0.337 e. The number of likely N-dealkylation sites (tertiary alicyclic amines) is 1. The van der Waals surface area contributed by atoms with Crippen LogP contribution in [-0.2, 0) is 12.0 Å². The van der Waals surface area contributed by atoms with Crippen LogP contribution in [0.1, 0.15) is 63.0 Å². The van der Waals surface area contributed by atoms with Crippen LogP contribution in [0, 0.1) is 0 Å². The molecule has 0 aliphatic carbocycles. The van der Waals surface area contributed by atoms with E-state index in [1.165, 1.54) is 12.0 Å². The van der Waals surface area contributed by atoms with E-state index in [0.29, 0.717) is 5.69 Å². The van der Waals surface area contributed by atoms with Crippen LogP contribution in [0.15, 0.2) is 30.3 Å². The van der Waals surface area contributed by atoms with Gasteiger partial charge in [0.2, 0.25) is 0 Å². The van der Waals surface area contributed by atoms with Crippen LogP contribution in [0.5, 0.6) is 0 Å². The number of hydrogen-bond donors (Lipinski definition) is 0. The van der Waals surface area contributed by atoms with Crippen LogP contribution >= 0.6 is 0 Å². The van der Waals surface area contributed by atoms with Crippen molar-refractivity contribution in [3.8, 4) is 11.3 Å². The van der Waals surface area contributed by atoms with Crippen LogP contribution in [-0.4, -0.2) is 33.7 Å². The van der Waals surface area contributed by atoms with Gasteiger partial charge in [0, 0.05) is 19.6 Å². The third-order valence-corrected chi connectivity index (χ3v) is 4.99. The number of rotatable bonds is 3. The van der Waals surface area contributed by atoms with Gasteiger partial charge >= 0.3 is 0 Å². The lowest BCUT2D eigenvalue weighted by Gasteiger charge is -2.25. The minimum atomic E-state index is 0.0689. The van der Waals surface area contributed by atoms with Gasteiger partial charge in [-0.3, -0.25) is 9.48 Å². The predicted molar refractivity (Wildman–Crippen MR) is 102 cm³/mol. The summed E-state index contributed by atoms with van der Waals surface area (Å²) in [6, 6.07) is 10.6. The van der Waals surface area contributed by atoms with Crippen molar-refractivity contribution in [1.82, 2.24) is 14.7 Å². The summed E-state index contributed by atoms with van der Waals surface area (Å²) >= 11 is 0. The van der Waals surface area contributed by atoms with Crippen molar-refractivity contribution in [3.05, 3.63) is 41.6 Å². The Bertz CT molecular complexity index is 731. The van der Waals surface area contributed by atoms with E-state index < -0.39 is 0 Å². The average molecular weight is 339 g/mol. The predicted octanol–water partition coefficient (Wildman–Crippen LogP) is 4.49. The lowest BCUT2D eigenvalue weighted by Crippen LogP contribution is -2.35. The molecule has 0 spiro atoms. The zero-order valence-corrected chi connectivity index (χ0v) is 15.9. The van der Waals surface area contributed by atoms with Gasteiger partial charge in [-0.25, -0.2) is 0 Å². The summed E-state index contributed by atoms with van der Waals surface area (Å²) in [6.07, 6.45) is 3.42. The number of aromatic nitrogens is 2. The van der Waals surface area contributed by atoms with E-state index in [9.17, 15) is 4.79 Å². The minimum absolute atomic E-state index is 0.0689. The van der Waals surface area contributed by atoms with Crippen molar-refractivity contribution < 1.29 is 4.79 Å². The first kappa shape index (κ1) is 17.7. The molecule has 1 aromatic carbocycles. The standard InChI is InChI=1S/C21H29N3O/c1-5-24-19(16-9-11-17(12-10-16)21(2,3)4)15-18(22-24)20(25)23-13-7-6-8-14-23/h9-12,15H,5-8,13-14H2,1-4H3. The fourth-order valence-electron chi connectivity index (χ4n) is 3.39. The fraction of sp³-hybridized carbons (Fsp3) is 0.524. The lowest BCUT2D eigenvalue weighted by atomic mass is 9.86. The smallest absolute Gasteiger partial charge is 0.274 e. The Kier molecular flexibility index (Phi) is 4.98. The molecule has 3 rings (SSSR count). The molecule has 4 heteroatoms. The second-order valence-electron chi connectivity index (χ2n) is 7.91. The van der Waals surface area contributed by atoms with Gasteiger partial charge in [0.25, 0.3) is 5.91 Å². The normalized spacial score (nSPS) is 15.4. The van der Waals surface area contributed by atoms with Crippen LogP contribution in [0.25, 0.3) is 11.3 Å². The van der Waals surface area contributed by atoms with Crippen LogP contribution < -0.4 is 0 Å². The van der Waals surface area contributed by atoms with Gasteiger partial charge in [0.1, 0.15) is 0 Å². The molecule has 1 aliphatic heterocycles. The highest BCUT2D eigenvalue weighted by Crippen LogP contribution is 2.27. The molecule has 1 amide bonds. The quantitative estimate of drug-likeness (QED) is 0.826. The van der Waals surface area contributed by atoms with Crippen LogP contribution in [0.3, 0.4) is 0 Å². The first-order valence-electron chi connectivity index (χ1n) is 9.38. The summed E-state index contributed by atoms with van der Waals surface area (Å²) in [6.45, 7) is 11.2. The van der Waals surface area contributed by atoms with Crippen molar-refractivity contribution >= 4 is 5.91 Å². The van der Waals surface area contributed by atoms with Crippen molar-refractivity contribution in [1.29, 1.82) is 0 Å². The van der Waals surface area contributed by atoms with Crippen molar-refractivity contribution in [2.75, 3.05) is 13.1 Å². The van der Waals surface area contributed by atoms with E-state index in [1.54, 1.807) is 0 Å². The third-order valence-electron chi connectivity index (χ3n) is 4.99. The second kappa shape index (κ2) is 7.03. The number of piperidine rings is 1. The Morgan fingerprint density at radius 3 is 2.28 bits per heavy atom. The molecule has 134 valence electrons. The fourth-order valence-corrected chi connectivity index (χ4v) is 3.39. The van der Waals surface area contributed by atoms with Crippen LogP contribution in [0.4, 0.5) is 0 Å². The second-order valence-corrected chi connectivity index (χ2v) is 7.91. The molecular formula is C21H29N3O. The van der Waals surface area contributed by atoms with Gasteiger partial charge in [-0.05, 0) is 48.8 Å². The Morgan fingerprint density at radius 1 is 1.08 bits per heavy atom. The molecule has 4 nitrogen and oxygen atoms in total. The topological polar surface area (TPSA) is 38.1 Å². The summed E-state index contributed by atoms with van der Waals surface area (Å²) < 4.78 is 1.93.